The summed E-state index contributed by atoms with van der Waals surface area (Å²) in [6, 6.07) is 11.3. The van der Waals surface area contributed by atoms with Gasteiger partial charge in [0.25, 0.3) is 0 Å². The number of furan rings is 1. The summed E-state index contributed by atoms with van der Waals surface area (Å²) in [4.78, 5) is 11.5. The molecule has 2 aromatic heterocycles. The van der Waals surface area contributed by atoms with Gasteiger partial charge in [0, 0.05) is 12.2 Å². The van der Waals surface area contributed by atoms with Crippen LogP contribution in [0.4, 0.5) is 0 Å². The third-order valence-electron chi connectivity index (χ3n) is 3.76. The van der Waals surface area contributed by atoms with E-state index in [2.05, 4.69) is 10.2 Å². The van der Waals surface area contributed by atoms with Crippen LogP contribution in [0.3, 0.4) is 0 Å². The zero-order valence-corrected chi connectivity index (χ0v) is 16.1. The third-order valence-corrected chi connectivity index (χ3v) is 4.78. The van der Waals surface area contributed by atoms with Gasteiger partial charge in [0.05, 0.1) is 25.7 Å². The molecule has 0 atom stereocenters. The molecule has 0 saturated heterocycles. The lowest BCUT2D eigenvalue weighted by Gasteiger charge is -2.12. The van der Waals surface area contributed by atoms with E-state index in [9.17, 15) is 4.79 Å². The fraction of sp³-hybridized carbons (Fsp3) is 0.316. The summed E-state index contributed by atoms with van der Waals surface area (Å²) in [6.07, 6.45) is 2.68. The molecule has 0 bridgehead atoms. The van der Waals surface area contributed by atoms with E-state index in [0.29, 0.717) is 47.7 Å². The SMILES string of the molecule is CCOC(=O)CCCSc1nnc(-c2ccco2)n1-c1ccccc1OC. The number of esters is 1. The van der Waals surface area contributed by atoms with Crippen LogP contribution in [0.1, 0.15) is 19.8 Å². The first-order valence-corrected chi connectivity index (χ1v) is 9.64. The lowest BCUT2D eigenvalue weighted by atomic mass is 10.3. The van der Waals surface area contributed by atoms with E-state index in [1.165, 1.54) is 11.8 Å². The van der Waals surface area contributed by atoms with Crippen LogP contribution >= 0.6 is 11.8 Å². The highest BCUT2D eigenvalue weighted by molar-refractivity contribution is 7.99. The van der Waals surface area contributed by atoms with Gasteiger partial charge in [-0.3, -0.25) is 9.36 Å². The Kier molecular flexibility index (Phi) is 6.54. The Morgan fingerprint density at radius 2 is 2.07 bits per heavy atom. The Labute approximate surface area is 161 Å². The molecule has 3 aromatic rings. The highest BCUT2D eigenvalue weighted by atomic mass is 32.2. The maximum atomic E-state index is 11.5. The van der Waals surface area contributed by atoms with Crippen molar-refractivity contribution in [2.24, 2.45) is 0 Å². The number of para-hydroxylation sites is 2. The normalized spacial score (nSPS) is 10.7. The maximum Gasteiger partial charge on any atom is 0.305 e. The minimum atomic E-state index is -0.180. The van der Waals surface area contributed by atoms with E-state index in [0.717, 1.165) is 5.69 Å². The Balaban J connectivity index is 1.85. The Hall–Kier alpha value is -2.74. The molecule has 0 saturated carbocycles. The Morgan fingerprint density at radius 3 is 2.81 bits per heavy atom. The molecule has 0 spiro atoms. The molecule has 0 amide bonds. The lowest BCUT2D eigenvalue weighted by molar-refractivity contribution is -0.143. The van der Waals surface area contributed by atoms with Crippen molar-refractivity contribution in [2.75, 3.05) is 19.5 Å². The number of thioether (sulfide) groups is 1. The first-order valence-electron chi connectivity index (χ1n) is 8.65. The molecule has 7 nitrogen and oxygen atoms in total. The molecule has 0 unspecified atom stereocenters. The third kappa shape index (κ3) is 4.51. The van der Waals surface area contributed by atoms with E-state index in [1.54, 1.807) is 20.3 Å². The molecule has 0 aliphatic carbocycles. The number of methoxy groups -OCH3 is 1. The first kappa shape index (κ1) is 19.0. The van der Waals surface area contributed by atoms with Crippen LogP contribution in [0.5, 0.6) is 5.75 Å². The minimum Gasteiger partial charge on any atom is -0.495 e. The zero-order chi connectivity index (χ0) is 19.1. The van der Waals surface area contributed by atoms with Crippen molar-refractivity contribution >= 4 is 17.7 Å². The highest BCUT2D eigenvalue weighted by Crippen LogP contribution is 2.32. The number of carbonyl (C=O) groups excluding carboxylic acids is 1. The van der Waals surface area contributed by atoms with Crippen LogP contribution in [0.25, 0.3) is 17.3 Å². The van der Waals surface area contributed by atoms with Crippen LogP contribution in [0, 0.1) is 0 Å². The largest absolute Gasteiger partial charge is 0.495 e. The molecule has 8 heteroatoms. The summed E-state index contributed by atoms with van der Waals surface area (Å²) in [7, 11) is 1.63. The maximum absolute atomic E-state index is 11.5. The van der Waals surface area contributed by atoms with Crippen molar-refractivity contribution < 1.29 is 18.7 Å². The average molecular weight is 387 g/mol. The van der Waals surface area contributed by atoms with Crippen molar-refractivity contribution in [3.05, 3.63) is 42.7 Å². The number of ether oxygens (including phenoxy) is 2. The van der Waals surface area contributed by atoms with Gasteiger partial charge in [-0.05, 0) is 37.6 Å². The molecule has 0 fully saturated rings. The first-order chi connectivity index (χ1) is 13.2. The molecule has 0 aliphatic rings. The van der Waals surface area contributed by atoms with E-state index >= 15 is 0 Å². The Morgan fingerprint density at radius 1 is 1.22 bits per heavy atom. The second kappa shape index (κ2) is 9.27. The summed E-state index contributed by atoms with van der Waals surface area (Å²) >= 11 is 1.52. The van der Waals surface area contributed by atoms with Crippen molar-refractivity contribution in [1.82, 2.24) is 14.8 Å². The minimum absolute atomic E-state index is 0.180. The summed E-state index contributed by atoms with van der Waals surface area (Å²) in [5.41, 5.74) is 0.823. The predicted molar refractivity (Wildman–Crippen MR) is 102 cm³/mol. The number of benzene rings is 1. The van der Waals surface area contributed by atoms with E-state index in [4.69, 9.17) is 13.9 Å². The fourth-order valence-corrected chi connectivity index (χ4v) is 3.46. The van der Waals surface area contributed by atoms with Gasteiger partial charge in [-0.25, -0.2) is 0 Å². The number of aromatic nitrogens is 3. The molecule has 142 valence electrons. The van der Waals surface area contributed by atoms with Crippen molar-refractivity contribution in [1.29, 1.82) is 0 Å². The van der Waals surface area contributed by atoms with Crippen molar-refractivity contribution in [3.8, 4) is 23.0 Å². The topological polar surface area (TPSA) is 79.4 Å². The number of nitrogens with zero attached hydrogens (tertiary/aromatic N) is 3. The second-order valence-electron chi connectivity index (χ2n) is 5.55. The smallest absolute Gasteiger partial charge is 0.305 e. The van der Waals surface area contributed by atoms with Gasteiger partial charge < -0.3 is 13.9 Å². The number of carbonyl (C=O) groups is 1. The van der Waals surface area contributed by atoms with E-state index < -0.39 is 0 Å². The van der Waals surface area contributed by atoms with Gasteiger partial charge in [-0.2, -0.15) is 0 Å². The van der Waals surface area contributed by atoms with E-state index in [1.807, 2.05) is 41.0 Å². The molecule has 0 radical (unpaired) electrons. The summed E-state index contributed by atoms with van der Waals surface area (Å²) in [5, 5.41) is 9.33. The number of hydrogen-bond donors (Lipinski definition) is 0. The van der Waals surface area contributed by atoms with Crippen LogP contribution in [0.2, 0.25) is 0 Å². The lowest BCUT2D eigenvalue weighted by Crippen LogP contribution is -2.04. The van der Waals surface area contributed by atoms with Crippen molar-refractivity contribution in [2.45, 2.75) is 24.9 Å². The molecule has 2 heterocycles. The molecule has 0 aliphatic heterocycles. The van der Waals surface area contributed by atoms with Gasteiger partial charge in [-0.15, -0.1) is 10.2 Å². The molecule has 3 rings (SSSR count). The van der Waals surface area contributed by atoms with Gasteiger partial charge in [0.2, 0.25) is 5.82 Å². The van der Waals surface area contributed by atoms with Gasteiger partial charge in [0.15, 0.2) is 10.9 Å². The molecule has 1 aromatic carbocycles. The van der Waals surface area contributed by atoms with E-state index in [-0.39, 0.29) is 5.97 Å². The van der Waals surface area contributed by atoms with Gasteiger partial charge >= 0.3 is 5.97 Å². The highest BCUT2D eigenvalue weighted by Gasteiger charge is 2.20. The van der Waals surface area contributed by atoms with Gasteiger partial charge in [-0.1, -0.05) is 23.9 Å². The van der Waals surface area contributed by atoms with Crippen molar-refractivity contribution in [3.63, 3.8) is 0 Å². The van der Waals surface area contributed by atoms with Crippen LogP contribution in [-0.2, 0) is 9.53 Å². The van der Waals surface area contributed by atoms with Gasteiger partial charge in [0.1, 0.15) is 5.75 Å². The predicted octanol–water partition coefficient (Wildman–Crippen LogP) is 3.97. The number of rotatable bonds is 9. The fourth-order valence-electron chi connectivity index (χ4n) is 2.57. The van der Waals surface area contributed by atoms with Crippen LogP contribution in [-0.4, -0.2) is 40.2 Å². The quantitative estimate of drug-likeness (QED) is 0.312. The Bertz CT molecular complexity index is 877. The number of hydrogen-bond acceptors (Lipinski definition) is 7. The van der Waals surface area contributed by atoms with Crippen LogP contribution < -0.4 is 4.74 Å². The summed E-state index contributed by atoms with van der Waals surface area (Å²) in [5.74, 6) is 2.45. The molecule has 27 heavy (non-hydrogen) atoms. The average Bonchev–Trinajstić information content (AvgIpc) is 3.35. The van der Waals surface area contributed by atoms with Crippen LogP contribution in [0.15, 0.2) is 52.2 Å². The zero-order valence-electron chi connectivity index (χ0n) is 15.3. The second-order valence-corrected chi connectivity index (χ2v) is 6.61. The standard InChI is InChI=1S/C19H21N3O4S/c1-3-25-17(23)11-7-13-27-19-21-20-18(16-10-6-12-26-16)22(19)14-8-4-5-9-15(14)24-2/h4-6,8-10,12H,3,7,11,13H2,1-2H3. The summed E-state index contributed by atoms with van der Waals surface area (Å²) < 4.78 is 17.9. The molecular formula is C19H21N3O4S. The summed E-state index contributed by atoms with van der Waals surface area (Å²) in [6.45, 7) is 2.21. The molecule has 0 N–H and O–H groups in total. The monoisotopic (exact) mass is 387 g/mol. The molecular weight excluding hydrogens is 366 g/mol.